The molecule has 8 heteroatoms. The van der Waals surface area contributed by atoms with E-state index in [1.54, 1.807) is 4.90 Å². The molecule has 0 bridgehead atoms. The summed E-state index contributed by atoms with van der Waals surface area (Å²) in [7, 11) is 0. The molecule has 204 valence electrons. The second kappa shape index (κ2) is 9.97. The summed E-state index contributed by atoms with van der Waals surface area (Å²) in [5.41, 5.74) is 1.13. The van der Waals surface area contributed by atoms with Crippen LogP contribution < -0.4 is 10.2 Å². The quantitative estimate of drug-likeness (QED) is 0.421. The maximum Gasteiger partial charge on any atom is 0.247 e. The molecule has 1 spiro atoms. The van der Waals surface area contributed by atoms with Crippen molar-refractivity contribution >= 4 is 11.6 Å². The molecule has 2 heterocycles. The Balaban J connectivity index is 1.18. The van der Waals surface area contributed by atoms with Gasteiger partial charge in [-0.15, -0.1) is 0 Å². The second-order valence-electron chi connectivity index (χ2n) is 11.1. The first-order chi connectivity index (χ1) is 18.8. The summed E-state index contributed by atoms with van der Waals surface area (Å²) in [6.45, 7) is 1.58. The monoisotopic (exact) mass is 537 g/mol. The molecule has 3 aliphatic rings. The smallest absolute Gasteiger partial charge is 0.247 e. The fourth-order valence-corrected chi connectivity index (χ4v) is 7.10. The van der Waals surface area contributed by atoms with Gasteiger partial charge in [-0.3, -0.25) is 4.79 Å². The van der Waals surface area contributed by atoms with Crippen molar-refractivity contribution in [3.63, 3.8) is 0 Å². The minimum absolute atomic E-state index is 0.110. The average Bonchev–Trinajstić information content (AvgIpc) is 3.25. The maximum absolute atomic E-state index is 14.7. The number of nitrogens with zero attached hydrogens (tertiary/aromatic N) is 2. The molecule has 1 aliphatic carbocycles. The fraction of sp³-hybridized carbons (Fsp3) is 0.387. The molecule has 3 fully saturated rings. The number of rotatable bonds is 4. The van der Waals surface area contributed by atoms with Crippen molar-refractivity contribution in [3.8, 4) is 0 Å². The largest absolute Gasteiger partial charge is 0.337 e. The van der Waals surface area contributed by atoms with Gasteiger partial charge < -0.3 is 15.1 Å². The molecule has 2 saturated heterocycles. The predicted octanol–water partition coefficient (Wildman–Crippen LogP) is 5.90. The number of carbonyl (C=O) groups is 1. The summed E-state index contributed by atoms with van der Waals surface area (Å²) in [5, 5.41) is 2.87. The lowest BCUT2D eigenvalue weighted by molar-refractivity contribution is -0.125. The van der Waals surface area contributed by atoms with E-state index < -0.39 is 17.2 Å². The van der Waals surface area contributed by atoms with Crippen molar-refractivity contribution in [3.05, 3.63) is 101 Å². The predicted molar refractivity (Wildman–Crippen MR) is 141 cm³/mol. The van der Waals surface area contributed by atoms with Crippen LogP contribution in [-0.4, -0.2) is 42.1 Å². The summed E-state index contributed by atoms with van der Waals surface area (Å²) in [5.74, 6) is -1.99. The van der Waals surface area contributed by atoms with E-state index in [-0.39, 0.29) is 35.3 Å². The third-order valence-corrected chi connectivity index (χ3v) is 9.28. The van der Waals surface area contributed by atoms with Crippen LogP contribution in [0.25, 0.3) is 0 Å². The summed E-state index contributed by atoms with van der Waals surface area (Å²) >= 11 is 0. The number of hydrogen-bond donors (Lipinski definition) is 1. The van der Waals surface area contributed by atoms with Gasteiger partial charge in [-0.05, 0) is 86.1 Å². The molecule has 0 radical (unpaired) electrons. The standard InChI is InChI=1S/C31H31F4N3O/c32-23-5-1-21(2-6-23)30(22-3-7-24(33)8-4-22)13-11-26(12-14-30)37-17-15-31(16-18-37)29(39)36-20-38(31)28-10-9-25(34)19-27(28)35/h1-10,19,26H,11-18,20H2,(H,36,39). The van der Waals surface area contributed by atoms with E-state index >= 15 is 0 Å². The Morgan fingerprint density at radius 1 is 0.718 bits per heavy atom. The van der Waals surface area contributed by atoms with Gasteiger partial charge in [0.15, 0.2) is 0 Å². The van der Waals surface area contributed by atoms with Gasteiger partial charge in [-0.1, -0.05) is 24.3 Å². The number of likely N-dealkylation sites (tertiary alicyclic amines) is 1. The highest BCUT2D eigenvalue weighted by Gasteiger charge is 2.52. The van der Waals surface area contributed by atoms with Gasteiger partial charge >= 0.3 is 0 Å². The van der Waals surface area contributed by atoms with Crippen molar-refractivity contribution < 1.29 is 22.4 Å². The van der Waals surface area contributed by atoms with Crippen molar-refractivity contribution in [1.82, 2.24) is 10.2 Å². The molecule has 6 rings (SSSR count). The van der Waals surface area contributed by atoms with E-state index in [1.165, 1.54) is 36.4 Å². The molecule has 4 nitrogen and oxygen atoms in total. The van der Waals surface area contributed by atoms with Crippen molar-refractivity contribution in [1.29, 1.82) is 0 Å². The van der Waals surface area contributed by atoms with Crippen LogP contribution >= 0.6 is 0 Å². The summed E-state index contributed by atoms with van der Waals surface area (Å²) in [6.07, 6.45) is 4.59. The molecular formula is C31H31F4N3O. The molecule has 3 aromatic carbocycles. The molecular weight excluding hydrogens is 506 g/mol. The number of hydrogen-bond acceptors (Lipinski definition) is 3. The van der Waals surface area contributed by atoms with Crippen molar-refractivity contribution in [2.75, 3.05) is 24.7 Å². The van der Waals surface area contributed by atoms with E-state index in [0.717, 1.165) is 42.9 Å². The lowest BCUT2D eigenvalue weighted by atomic mass is 9.64. The van der Waals surface area contributed by atoms with Crippen LogP contribution in [0.4, 0.5) is 23.2 Å². The SMILES string of the molecule is O=C1NCN(c2ccc(F)cc2F)C12CCN(C1CCC(c3ccc(F)cc3)(c3ccc(F)cc3)CC1)CC2. The second-order valence-corrected chi connectivity index (χ2v) is 11.1. The number of piperidine rings is 1. The molecule has 0 unspecified atom stereocenters. The molecule has 0 aromatic heterocycles. The maximum atomic E-state index is 14.7. The number of benzene rings is 3. The molecule has 1 amide bonds. The zero-order chi connectivity index (χ0) is 27.2. The summed E-state index contributed by atoms with van der Waals surface area (Å²) < 4.78 is 55.7. The minimum Gasteiger partial charge on any atom is -0.337 e. The lowest BCUT2D eigenvalue weighted by Crippen LogP contribution is -2.58. The van der Waals surface area contributed by atoms with E-state index in [4.69, 9.17) is 0 Å². The van der Waals surface area contributed by atoms with Crippen LogP contribution in [0.1, 0.15) is 49.7 Å². The average molecular weight is 538 g/mol. The van der Waals surface area contributed by atoms with E-state index in [1.807, 2.05) is 24.3 Å². The van der Waals surface area contributed by atoms with Crippen LogP contribution in [0.2, 0.25) is 0 Å². The summed E-state index contributed by atoms with van der Waals surface area (Å²) in [6, 6.07) is 17.1. The van der Waals surface area contributed by atoms with Crippen molar-refractivity contribution in [2.24, 2.45) is 0 Å². The first-order valence-electron chi connectivity index (χ1n) is 13.6. The van der Waals surface area contributed by atoms with Gasteiger partial charge in [0.25, 0.3) is 0 Å². The molecule has 2 aliphatic heterocycles. The summed E-state index contributed by atoms with van der Waals surface area (Å²) in [4.78, 5) is 17.2. The number of amides is 1. The normalized spacial score (nSPS) is 21.3. The number of halogens is 4. The van der Waals surface area contributed by atoms with Gasteiger partial charge in [0.2, 0.25) is 5.91 Å². The van der Waals surface area contributed by atoms with Gasteiger partial charge in [0.05, 0.1) is 12.4 Å². The van der Waals surface area contributed by atoms with E-state index in [0.29, 0.717) is 32.0 Å². The Morgan fingerprint density at radius 3 is 1.79 bits per heavy atom. The van der Waals surface area contributed by atoms with Crippen LogP contribution in [0.5, 0.6) is 0 Å². The number of carbonyl (C=O) groups excluding carboxylic acids is 1. The highest BCUT2D eigenvalue weighted by atomic mass is 19.1. The van der Waals surface area contributed by atoms with Gasteiger partial charge in [0, 0.05) is 30.6 Å². The Hall–Kier alpha value is -3.39. The zero-order valence-electron chi connectivity index (χ0n) is 21.6. The van der Waals surface area contributed by atoms with Crippen molar-refractivity contribution in [2.45, 2.75) is 55.5 Å². The Morgan fingerprint density at radius 2 is 1.26 bits per heavy atom. The fourth-order valence-electron chi connectivity index (χ4n) is 7.10. The molecule has 1 saturated carbocycles. The molecule has 0 atom stereocenters. The minimum atomic E-state index is -0.851. The van der Waals surface area contributed by atoms with Gasteiger partial charge in [0.1, 0.15) is 28.8 Å². The first kappa shape index (κ1) is 25.9. The van der Waals surface area contributed by atoms with E-state index in [2.05, 4.69) is 10.2 Å². The van der Waals surface area contributed by atoms with Crippen LogP contribution in [0.3, 0.4) is 0 Å². The van der Waals surface area contributed by atoms with Crippen LogP contribution in [0.15, 0.2) is 66.7 Å². The zero-order valence-corrected chi connectivity index (χ0v) is 21.6. The van der Waals surface area contributed by atoms with E-state index in [9.17, 15) is 22.4 Å². The Labute approximate surface area is 225 Å². The van der Waals surface area contributed by atoms with Gasteiger partial charge in [-0.2, -0.15) is 0 Å². The third kappa shape index (κ3) is 4.48. The van der Waals surface area contributed by atoms with Crippen LogP contribution in [-0.2, 0) is 10.2 Å². The Kier molecular flexibility index (Phi) is 6.61. The molecule has 1 N–H and O–H groups in total. The highest BCUT2D eigenvalue weighted by Crippen LogP contribution is 2.47. The molecule has 39 heavy (non-hydrogen) atoms. The topological polar surface area (TPSA) is 35.6 Å². The Bertz CT molecular complexity index is 1300. The highest BCUT2D eigenvalue weighted by molar-refractivity contribution is 5.93. The first-order valence-corrected chi connectivity index (χ1v) is 13.6. The third-order valence-electron chi connectivity index (χ3n) is 9.28. The van der Waals surface area contributed by atoms with Crippen LogP contribution in [0, 0.1) is 23.3 Å². The lowest BCUT2D eigenvalue weighted by Gasteiger charge is -2.49. The number of anilines is 1. The van der Waals surface area contributed by atoms with Gasteiger partial charge in [-0.25, -0.2) is 17.6 Å². The number of nitrogens with one attached hydrogen (secondary N) is 1. The molecule has 3 aromatic rings.